The predicted molar refractivity (Wildman–Crippen MR) is 83.3 cm³/mol. The number of ether oxygens (including phenoxy) is 1. The van der Waals surface area contributed by atoms with Crippen LogP contribution in [0.15, 0.2) is 0 Å². The number of hydrogen-bond acceptors (Lipinski definition) is 2. The van der Waals surface area contributed by atoms with Crippen LogP contribution in [0, 0.1) is 22.7 Å². The van der Waals surface area contributed by atoms with E-state index in [0.29, 0.717) is 17.4 Å². The van der Waals surface area contributed by atoms with Crippen molar-refractivity contribution in [3.63, 3.8) is 0 Å². The predicted octanol–water partition coefficient (Wildman–Crippen LogP) is 4.81. The Balaban J connectivity index is 2.47. The molecule has 1 aliphatic carbocycles. The lowest BCUT2D eigenvalue weighted by atomic mass is 9.71. The quantitative estimate of drug-likeness (QED) is 0.723. The fraction of sp³-hybridized carbons (Fsp3) is 1.00. The molecule has 2 heteroatoms. The zero-order chi connectivity index (χ0) is 14.0. The minimum atomic E-state index is 0.289. The Hall–Kier alpha value is 0.310. The van der Waals surface area contributed by atoms with Gasteiger partial charge in [-0.3, -0.25) is 0 Å². The molecule has 1 fully saturated rings. The highest BCUT2D eigenvalue weighted by atomic mass is 32.1. The molecule has 0 amide bonds. The van der Waals surface area contributed by atoms with Crippen molar-refractivity contribution in [2.24, 2.45) is 22.7 Å². The molecule has 0 radical (unpaired) electrons. The van der Waals surface area contributed by atoms with Crippen molar-refractivity contribution in [2.75, 3.05) is 12.4 Å². The van der Waals surface area contributed by atoms with Crippen LogP contribution in [-0.2, 0) is 4.74 Å². The van der Waals surface area contributed by atoms with Crippen LogP contribution in [0.3, 0.4) is 0 Å². The largest absolute Gasteiger partial charge is 0.378 e. The molecule has 1 saturated carbocycles. The van der Waals surface area contributed by atoms with Gasteiger partial charge in [0.2, 0.25) is 0 Å². The van der Waals surface area contributed by atoms with Gasteiger partial charge in [-0.15, -0.1) is 0 Å². The van der Waals surface area contributed by atoms with E-state index < -0.39 is 0 Å². The van der Waals surface area contributed by atoms with Crippen molar-refractivity contribution in [1.82, 2.24) is 0 Å². The first kappa shape index (κ1) is 16.4. The Morgan fingerprint density at radius 3 is 2.33 bits per heavy atom. The average Bonchev–Trinajstić information content (AvgIpc) is 2.12. The maximum Gasteiger partial charge on any atom is 0.0582 e. The highest BCUT2D eigenvalue weighted by Crippen LogP contribution is 2.40. The lowest BCUT2D eigenvalue weighted by molar-refractivity contribution is -0.0461. The van der Waals surface area contributed by atoms with Crippen molar-refractivity contribution in [3.8, 4) is 0 Å². The third-order valence-corrected chi connectivity index (χ3v) is 4.77. The number of rotatable bonds is 4. The lowest BCUT2D eigenvalue weighted by Gasteiger charge is -2.40. The number of hydrogen-bond donors (Lipinski definition) is 1. The summed E-state index contributed by atoms with van der Waals surface area (Å²) in [6.07, 6.45) is 4.23. The molecular weight excluding hydrogens is 240 g/mol. The molecule has 0 aromatic carbocycles. The molecule has 3 atom stereocenters. The van der Waals surface area contributed by atoms with Crippen molar-refractivity contribution in [3.05, 3.63) is 0 Å². The number of thiol groups is 1. The summed E-state index contributed by atoms with van der Waals surface area (Å²) in [6.45, 7) is 14.8. The summed E-state index contributed by atoms with van der Waals surface area (Å²) in [5.74, 6) is 2.25. The molecule has 1 nitrogen and oxygen atoms in total. The van der Waals surface area contributed by atoms with Crippen LogP contribution in [-0.4, -0.2) is 18.5 Å². The van der Waals surface area contributed by atoms with E-state index in [1.54, 1.807) is 0 Å². The van der Waals surface area contributed by atoms with Crippen LogP contribution < -0.4 is 0 Å². The topological polar surface area (TPSA) is 9.23 Å². The monoisotopic (exact) mass is 272 g/mol. The van der Waals surface area contributed by atoms with E-state index in [-0.39, 0.29) is 5.41 Å². The van der Waals surface area contributed by atoms with Crippen LogP contribution in [0.2, 0.25) is 0 Å². The van der Waals surface area contributed by atoms with Crippen LogP contribution >= 0.6 is 12.6 Å². The average molecular weight is 272 g/mol. The molecule has 3 unspecified atom stereocenters. The summed E-state index contributed by atoms with van der Waals surface area (Å²) >= 11 is 4.48. The van der Waals surface area contributed by atoms with E-state index in [2.05, 4.69) is 54.2 Å². The summed E-state index contributed by atoms with van der Waals surface area (Å²) in [7, 11) is 0. The standard InChI is InChI=1S/C16H32OS/c1-12-7-14(9-16(5,6)8-12)17-10-13(11-18)15(2,3)4/h12-14,18H,7-11H2,1-6H3. The molecule has 1 aliphatic rings. The second-order valence-corrected chi connectivity index (χ2v) is 8.48. The lowest BCUT2D eigenvalue weighted by Crippen LogP contribution is -2.35. The first-order valence-corrected chi connectivity index (χ1v) is 8.00. The summed E-state index contributed by atoms with van der Waals surface area (Å²) < 4.78 is 6.22. The minimum absolute atomic E-state index is 0.289. The van der Waals surface area contributed by atoms with Gasteiger partial charge < -0.3 is 4.74 Å². The summed E-state index contributed by atoms with van der Waals surface area (Å²) in [5.41, 5.74) is 0.734. The second kappa shape index (κ2) is 6.17. The van der Waals surface area contributed by atoms with Gasteiger partial charge in [-0.25, -0.2) is 0 Å². The highest BCUT2D eigenvalue weighted by molar-refractivity contribution is 7.80. The maximum atomic E-state index is 6.22. The molecule has 0 aromatic heterocycles. The summed E-state index contributed by atoms with van der Waals surface area (Å²) in [6, 6.07) is 0. The first-order valence-electron chi connectivity index (χ1n) is 7.36. The molecule has 18 heavy (non-hydrogen) atoms. The van der Waals surface area contributed by atoms with Crippen LogP contribution in [0.25, 0.3) is 0 Å². The third kappa shape index (κ3) is 5.13. The van der Waals surface area contributed by atoms with Gasteiger partial charge in [0.15, 0.2) is 0 Å². The maximum absolute atomic E-state index is 6.22. The Kier molecular flexibility index (Phi) is 5.61. The molecule has 0 aromatic rings. The van der Waals surface area contributed by atoms with Gasteiger partial charge in [-0.05, 0) is 47.7 Å². The van der Waals surface area contributed by atoms with E-state index in [1.165, 1.54) is 19.3 Å². The molecule has 0 heterocycles. The van der Waals surface area contributed by atoms with Crippen molar-refractivity contribution < 1.29 is 4.74 Å². The smallest absolute Gasteiger partial charge is 0.0582 e. The van der Waals surface area contributed by atoms with E-state index >= 15 is 0 Å². The molecule has 0 saturated heterocycles. The minimum Gasteiger partial charge on any atom is -0.378 e. The van der Waals surface area contributed by atoms with Crippen LogP contribution in [0.4, 0.5) is 0 Å². The molecular formula is C16H32OS. The fourth-order valence-electron chi connectivity index (χ4n) is 3.21. The zero-order valence-corrected chi connectivity index (χ0v) is 14.0. The molecule has 0 aliphatic heterocycles. The molecule has 0 N–H and O–H groups in total. The Labute approximate surface area is 119 Å². The van der Waals surface area contributed by atoms with E-state index in [0.717, 1.165) is 18.3 Å². The van der Waals surface area contributed by atoms with Crippen molar-refractivity contribution in [2.45, 2.75) is 66.9 Å². The van der Waals surface area contributed by atoms with Gasteiger partial charge in [-0.1, -0.05) is 41.5 Å². The van der Waals surface area contributed by atoms with Gasteiger partial charge in [0.05, 0.1) is 12.7 Å². The fourth-order valence-corrected chi connectivity index (χ4v) is 3.87. The third-order valence-electron chi connectivity index (χ3n) is 4.32. The first-order chi connectivity index (χ1) is 8.14. The van der Waals surface area contributed by atoms with Gasteiger partial charge in [0, 0.05) is 0 Å². The second-order valence-electron chi connectivity index (χ2n) is 8.11. The Bertz CT molecular complexity index is 254. The highest BCUT2D eigenvalue weighted by Gasteiger charge is 2.33. The zero-order valence-electron chi connectivity index (χ0n) is 13.1. The van der Waals surface area contributed by atoms with Crippen molar-refractivity contribution >= 4 is 12.6 Å². The molecule has 0 bridgehead atoms. The van der Waals surface area contributed by atoms with Gasteiger partial charge >= 0.3 is 0 Å². The molecule has 0 spiro atoms. The van der Waals surface area contributed by atoms with Gasteiger partial charge in [0.1, 0.15) is 0 Å². The van der Waals surface area contributed by atoms with Crippen molar-refractivity contribution in [1.29, 1.82) is 0 Å². The molecule has 108 valence electrons. The SMILES string of the molecule is CC1CC(OCC(CS)C(C)(C)C)CC(C)(C)C1. The summed E-state index contributed by atoms with van der Waals surface area (Å²) in [4.78, 5) is 0. The Morgan fingerprint density at radius 2 is 1.89 bits per heavy atom. The van der Waals surface area contributed by atoms with Gasteiger partial charge in [-0.2, -0.15) is 12.6 Å². The van der Waals surface area contributed by atoms with E-state index in [4.69, 9.17) is 4.74 Å². The van der Waals surface area contributed by atoms with Gasteiger partial charge in [0.25, 0.3) is 0 Å². The van der Waals surface area contributed by atoms with E-state index in [1.807, 2.05) is 0 Å². The summed E-state index contributed by atoms with van der Waals surface area (Å²) in [5, 5.41) is 0. The van der Waals surface area contributed by atoms with Crippen LogP contribution in [0.1, 0.15) is 60.8 Å². The van der Waals surface area contributed by atoms with Crippen LogP contribution in [0.5, 0.6) is 0 Å². The Morgan fingerprint density at radius 1 is 1.28 bits per heavy atom. The molecule has 1 rings (SSSR count). The normalized spacial score (nSPS) is 30.2. The van der Waals surface area contributed by atoms with E-state index in [9.17, 15) is 0 Å².